The van der Waals surface area contributed by atoms with Crippen LogP contribution < -0.4 is 0 Å². The van der Waals surface area contributed by atoms with Crippen LogP contribution in [0.25, 0.3) is 11.3 Å². The Labute approximate surface area is 116 Å². The van der Waals surface area contributed by atoms with Crippen LogP contribution in [0.5, 0.6) is 0 Å². The fourth-order valence-corrected chi connectivity index (χ4v) is 1.34. The SMILES string of the molecule is N#Cc1ccc(-c2[c-]ccc([N+](=O)[O-])c2)nc1.[Rh]. The van der Waals surface area contributed by atoms with Gasteiger partial charge in [0.25, 0.3) is 0 Å². The molecule has 2 rings (SSSR count). The van der Waals surface area contributed by atoms with Crippen LogP contribution in [-0.4, -0.2) is 9.91 Å². The van der Waals surface area contributed by atoms with Crippen molar-refractivity contribution >= 4 is 5.69 Å². The molecule has 0 aliphatic rings. The second-order valence-electron chi connectivity index (χ2n) is 3.26. The first-order valence-corrected chi connectivity index (χ1v) is 4.73. The van der Waals surface area contributed by atoms with Crippen LogP contribution in [0.4, 0.5) is 5.69 Å². The van der Waals surface area contributed by atoms with Crippen molar-refractivity contribution in [2.24, 2.45) is 0 Å². The molecule has 5 nitrogen and oxygen atoms in total. The smallest absolute Gasteiger partial charge is 0.192 e. The molecule has 0 saturated heterocycles. The number of nitrogens with zero attached hydrogens (tertiary/aromatic N) is 3. The Morgan fingerprint density at radius 2 is 2.17 bits per heavy atom. The van der Waals surface area contributed by atoms with E-state index in [1.54, 1.807) is 12.1 Å². The average Bonchev–Trinajstić information content (AvgIpc) is 2.39. The Morgan fingerprint density at radius 3 is 2.72 bits per heavy atom. The Balaban J connectivity index is 0.00000162. The first-order chi connectivity index (χ1) is 8.20. The molecule has 0 spiro atoms. The number of rotatable bonds is 2. The first-order valence-electron chi connectivity index (χ1n) is 4.73. The minimum Gasteiger partial charge on any atom is -0.303 e. The molecular weight excluding hydrogens is 321 g/mol. The summed E-state index contributed by atoms with van der Waals surface area (Å²) < 4.78 is 0. The standard InChI is InChI=1S/C12H6N3O2.Rh/c13-7-9-4-5-12(14-8-9)10-2-1-3-11(6-10)15(16)17;/h1,3-6,8H;/q-1;. The van der Waals surface area contributed by atoms with Gasteiger partial charge in [0, 0.05) is 30.6 Å². The van der Waals surface area contributed by atoms with Gasteiger partial charge in [-0.05, 0) is 11.8 Å². The first kappa shape index (κ1) is 13.9. The zero-order chi connectivity index (χ0) is 12.3. The molecule has 0 atom stereocenters. The van der Waals surface area contributed by atoms with Gasteiger partial charge in [0.1, 0.15) is 6.07 Å². The molecular formula is C12H6N3O2Rh-. The zero-order valence-corrected chi connectivity index (χ0v) is 10.6. The average molecular weight is 327 g/mol. The second kappa shape index (κ2) is 5.99. The van der Waals surface area contributed by atoms with Crippen molar-refractivity contribution in [3.8, 4) is 17.3 Å². The van der Waals surface area contributed by atoms with Crippen molar-refractivity contribution in [1.82, 2.24) is 4.98 Å². The maximum atomic E-state index is 10.6. The summed E-state index contributed by atoms with van der Waals surface area (Å²) in [6, 6.07) is 12.3. The predicted octanol–water partition coefficient (Wildman–Crippen LogP) is 2.33. The molecule has 6 heteroatoms. The van der Waals surface area contributed by atoms with Crippen LogP contribution >= 0.6 is 0 Å². The van der Waals surface area contributed by atoms with E-state index in [0.29, 0.717) is 16.8 Å². The summed E-state index contributed by atoms with van der Waals surface area (Å²) in [6.45, 7) is 0. The molecule has 0 amide bonds. The van der Waals surface area contributed by atoms with Crippen molar-refractivity contribution in [1.29, 1.82) is 5.26 Å². The van der Waals surface area contributed by atoms with Gasteiger partial charge in [-0.15, -0.1) is 17.7 Å². The number of nitro benzene ring substituents is 1. The third kappa shape index (κ3) is 2.96. The van der Waals surface area contributed by atoms with Gasteiger partial charge in [0.15, 0.2) is 5.69 Å². The molecule has 0 saturated carbocycles. The molecule has 0 bridgehead atoms. The van der Waals surface area contributed by atoms with E-state index in [1.807, 2.05) is 6.07 Å². The number of nitro groups is 1. The van der Waals surface area contributed by atoms with E-state index >= 15 is 0 Å². The Morgan fingerprint density at radius 1 is 1.39 bits per heavy atom. The normalized spacial score (nSPS) is 9.06. The van der Waals surface area contributed by atoms with Gasteiger partial charge in [-0.2, -0.15) is 5.26 Å². The fourth-order valence-electron chi connectivity index (χ4n) is 1.34. The van der Waals surface area contributed by atoms with E-state index in [4.69, 9.17) is 5.26 Å². The van der Waals surface area contributed by atoms with Gasteiger partial charge in [0.05, 0.1) is 5.56 Å². The van der Waals surface area contributed by atoms with Crippen LogP contribution in [-0.2, 0) is 19.5 Å². The molecule has 91 valence electrons. The number of hydrogen-bond acceptors (Lipinski definition) is 4. The molecule has 0 unspecified atom stereocenters. The van der Waals surface area contributed by atoms with Crippen molar-refractivity contribution in [2.45, 2.75) is 0 Å². The summed E-state index contributed by atoms with van der Waals surface area (Å²) in [7, 11) is 0. The van der Waals surface area contributed by atoms with Crippen LogP contribution in [0, 0.1) is 27.5 Å². The molecule has 2 aromatic rings. The molecule has 1 aromatic heterocycles. The molecule has 0 aliphatic carbocycles. The summed E-state index contributed by atoms with van der Waals surface area (Å²) in [5.74, 6) is 0. The summed E-state index contributed by atoms with van der Waals surface area (Å²) in [5.41, 5.74) is 1.51. The number of aromatic nitrogens is 1. The molecule has 1 heterocycles. The van der Waals surface area contributed by atoms with Gasteiger partial charge in [-0.3, -0.25) is 10.1 Å². The van der Waals surface area contributed by atoms with Crippen molar-refractivity contribution in [3.05, 3.63) is 58.3 Å². The maximum absolute atomic E-state index is 10.6. The number of benzene rings is 1. The number of non-ortho nitro benzene ring substituents is 1. The number of nitriles is 1. The molecule has 0 N–H and O–H groups in total. The van der Waals surface area contributed by atoms with E-state index in [-0.39, 0.29) is 25.2 Å². The summed E-state index contributed by atoms with van der Waals surface area (Å²) >= 11 is 0. The molecule has 1 aromatic carbocycles. The van der Waals surface area contributed by atoms with Gasteiger partial charge in [-0.25, -0.2) is 0 Å². The predicted molar refractivity (Wildman–Crippen MR) is 59.9 cm³/mol. The van der Waals surface area contributed by atoms with E-state index in [9.17, 15) is 10.1 Å². The van der Waals surface area contributed by atoms with E-state index in [0.717, 1.165) is 0 Å². The van der Waals surface area contributed by atoms with Crippen molar-refractivity contribution in [3.63, 3.8) is 0 Å². The van der Waals surface area contributed by atoms with Crippen molar-refractivity contribution < 1.29 is 24.4 Å². The third-order valence-corrected chi connectivity index (χ3v) is 2.16. The second-order valence-corrected chi connectivity index (χ2v) is 3.26. The molecule has 1 radical (unpaired) electrons. The van der Waals surface area contributed by atoms with Crippen LogP contribution in [0.1, 0.15) is 5.56 Å². The topological polar surface area (TPSA) is 79.8 Å². The van der Waals surface area contributed by atoms with E-state index in [1.165, 1.54) is 24.4 Å². The third-order valence-electron chi connectivity index (χ3n) is 2.16. The van der Waals surface area contributed by atoms with Gasteiger partial charge in [0.2, 0.25) is 0 Å². The maximum Gasteiger partial charge on any atom is 0.192 e. The summed E-state index contributed by atoms with van der Waals surface area (Å²) in [6.07, 6.45) is 1.42. The largest absolute Gasteiger partial charge is 0.303 e. The number of hydrogen-bond donors (Lipinski definition) is 0. The van der Waals surface area contributed by atoms with Crippen LogP contribution in [0.3, 0.4) is 0 Å². The monoisotopic (exact) mass is 327 g/mol. The fraction of sp³-hybridized carbons (Fsp3) is 0. The van der Waals surface area contributed by atoms with E-state index in [2.05, 4.69) is 11.1 Å². The van der Waals surface area contributed by atoms with E-state index < -0.39 is 4.92 Å². The minimum atomic E-state index is -0.471. The molecule has 0 aliphatic heterocycles. The zero-order valence-electron chi connectivity index (χ0n) is 8.96. The molecule has 0 fully saturated rings. The van der Waals surface area contributed by atoms with Gasteiger partial charge >= 0.3 is 0 Å². The summed E-state index contributed by atoms with van der Waals surface area (Å²) in [5, 5.41) is 19.2. The Hall–Kier alpha value is -2.12. The van der Waals surface area contributed by atoms with Crippen LogP contribution in [0.2, 0.25) is 0 Å². The van der Waals surface area contributed by atoms with Crippen LogP contribution in [0.15, 0.2) is 36.5 Å². The Bertz CT molecular complexity index is 605. The van der Waals surface area contributed by atoms with Crippen molar-refractivity contribution in [2.75, 3.05) is 0 Å². The Kier molecular flexibility index (Phi) is 4.64. The van der Waals surface area contributed by atoms with Gasteiger partial charge in [-0.1, -0.05) is 18.2 Å². The quantitative estimate of drug-likeness (QED) is 0.367. The number of pyridine rings is 1. The molecule has 18 heavy (non-hydrogen) atoms. The summed E-state index contributed by atoms with van der Waals surface area (Å²) in [4.78, 5) is 14.2. The minimum absolute atomic E-state index is 0. The van der Waals surface area contributed by atoms with Gasteiger partial charge < -0.3 is 4.98 Å².